The van der Waals surface area contributed by atoms with Crippen LogP contribution in [-0.4, -0.2) is 54.9 Å². The number of aromatic nitrogens is 6. The summed E-state index contributed by atoms with van der Waals surface area (Å²) in [6, 6.07) is 40.4. The number of ether oxygens (including phenoxy) is 2. The van der Waals surface area contributed by atoms with Gasteiger partial charge in [0.15, 0.2) is 16.4 Å². The molecule has 302 valence electrons. The molecule has 0 fully saturated rings. The van der Waals surface area contributed by atoms with Gasteiger partial charge in [-0.1, -0.05) is 140 Å². The van der Waals surface area contributed by atoms with Crippen molar-refractivity contribution in [2.75, 3.05) is 13.2 Å². The number of imidazole rings is 1. The molecule has 8 rings (SSSR count). The summed E-state index contributed by atoms with van der Waals surface area (Å²) in [7, 11) is 0. The lowest BCUT2D eigenvalue weighted by Crippen LogP contribution is -2.39. The number of unbranched alkanes of at least 4 members (excludes halogenated alkanes) is 1. The van der Waals surface area contributed by atoms with Gasteiger partial charge in [0, 0.05) is 34.5 Å². The van der Waals surface area contributed by atoms with Crippen LogP contribution in [0.1, 0.15) is 65.3 Å². The first-order valence-corrected chi connectivity index (χ1v) is 20.8. The molecule has 0 amide bonds. The van der Waals surface area contributed by atoms with Gasteiger partial charge < -0.3 is 18.5 Å². The number of fused-ring (bicyclic) bond motifs is 1. The second-order valence-corrected chi connectivity index (χ2v) is 15.3. The number of carbonyl (C=O) groups is 2. The molecule has 0 atom stereocenters. The highest BCUT2D eigenvalue weighted by Gasteiger charge is 2.41. The van der Waals surface area contributed by atoms with Crippen molar-refractivity contribution in [1.29, 1.82) is 0 Å². The molecule has 2 aromatic heterocycles. The molecule has 0 bridgehead atoms. The molecule has 2 aliphatic rings. The van der Waals surface area contributed by atoms with Crippen LogP contribution in [0.15, 0.2) is 143 Å². The number of aryl methyl sites for hydroxylation is 1. The van der Waals surface area contributed by atoms with Crippen molar-refractivity contribution in [3.05, 3.63) is 177 Å². The lowest BCUT2D eigenvalue weighted by molar-refractivity contribution is -0.142. The summed E-state index contributed by atoms with van der Waals surface area (Å²) in [5.41, 5.74) is 7.05. The number of nitrogens with zero attached hydrogens (tertiary/aromatic N) is 6. The Labute approximate surface area is 360 Å². The molecule has 1 aliphatic heterocycles. The van der Waals surface area contributed by atoms with E-state index in [0.29, 0.717) is 18.1 Å². The topological polar surface area (TPSA) is 127 Å². The zero-order chi connectivity index (χ0) is 41.6. The summed E-state index contributed by atoms with van der Waals surface area (Å²) < 4.78 is 18.9. The molecular weight excluding hydrogens is 844 g/mol. The highest BCUT2D eigenvalue weighted by atomic mass is 79.9. The Morgan fingerprint density at radius 3 is 2.00 bits per heavy atom. The average Bonchev–Trinajstić information content (AvgIpc) is 3.97. The van der Waals surface area contributed by atoms with Crippen LogP contribution in [0, 0.1) is 0 Å². The Morgan fingerprint density at radius 1 is 0.783 bits per heavy atom. The van der Waals surface area contributed by atoms with E-state index in [1.54, 1.807) is 17.3 Å². The van der Waals surface area contributed by atoms with Gasteiger partial charge >= 0.3 is 11.9 Å². The first-order chi connectivity index (χ1) is 29.3. The predicted molar refractivity (Wildman–Crippen MR) is 232 cm³/mol. The summed E-state index contributed by atoms with van der Waals surface area (Å²) in [6.45, 7) is 3.38. The summed E-state index contributed by atoms with van der Waals surface area (Å²) in [5, 5.41) is 14.9. The van der Waals surface area contributed by atoms with E-state index in [-0.39, 0.29) is 30.6 Å². The van der Waals surface area contributed by atoms with Gasteiger partial charge in [-0.05, 0) is 67.0 Å². The lowest BCUT2D eigenvalue weighted by Gasteiger charge is -2.34. The third-order valence-electron chi connectivity index (χ3n) is 10.5. The Hall–Kier alpha value is -6.37. The molecule has 4 aromatic carbocycles. The van der Waals surface area contributed by atoms with Gasteiger partial charge in [0.1, 0.15) is 19.0 Å². The molecule has 3 heterocycles. The molecule has 0 saturated heterocycles. The smallest absolute Gasteiger partial charge is 0.358 e. The fourth-order valence-electron chi connectivity index (χ4n) is 7.80. The average molecular weight is 884 g/mol. The Kier molecular flexibility index (Phi) is 12.0. The molecule has 0 N–H and O–H groups in total. The van der Waals surface area contributed by atoms with Crippen molar-refractivity contribution in [2.24, 2.45) is 0 Å². The number of halogens is 2. The van der Waals surface area contributed by atoms with E-state index in [0.717, 1.165) is 67.4 Å². The van der Waals surface area contributed by atoms with Crippen LogP contribution >= 0.6 is 27.5 Å². The molecule has 0 unspecified atom stereocenters. The van der Waals surface area contributed by atoms with Crippen molar-refractivity contribution in [3.8, 4) is 33.6 Å². The number of benzene rings is 4. The van der Waals surface area contributed by atoms with Crippen LogP contribution in [0.2, 0.25) is 5.15 Å². The van der Waals surface area contributed by atoms with Crippen molar-refractivity contribution in [3.63, 3.8) is 0 Å². The molecule has 1 aliphatic carbocycles. The summed E-state index contributed by atoms with van der Waals surface area (Å²) >= 11 is 10.7. The Bertz CT molecular complexity index is 2620. The van der Waals surface area contributed by atoms with Crippen LogP contribution in [0.25, 0.3) is 33.6 Å². The molecule has 0 saturated carbocycles. The van der Waals surface area contributed by atoms with Crippen molar-refractivity contribution in [1.82, 2.24) is 29.8 Å². The number of carbonyl (C=O) groups excluding carboxylic acids is 2. The largest absolute Gasteiger partial charge is 0.472 e. The normalized spacial score (nSPS) is 11.5. The molecule has 0 spiro atoms. The maximum atomic E-state index is 13.7. The molecule has 11 nitrogen and oxygen atoms in total. The number of hydrogen-bond acceptors (Lipinski definition) is 9. The van der Waals surface area contributed by atoms with Gasteiger partial charge in [0.05, 0.1) is 19.1 Å². The third kappa shape index (κ3) is 7.64. The highest BCUT2D eigenvalue weighted by molar-refractivity contribution is 9.10. The van der Waals surface area contributed by atoms with Gasteiger partial charge in [-0.25, -0.2) is 9.78 Å². The minimum Gasteiger partial charge on any atom is -0.472 e. The maximum absolute atomic E-state index is 13.7. The minimum absolute atomic E-state index is 0.0324. The summed E-state index contributed by atoms with van der Waals surface area (Å²) in [5.74, 6) is -0.0848. The van der Waals surface area contributed by atoms with Gasteiger partial charge in [0.25, 0.3) is 0 Å². The number of esters is 2. The standard InChI is InChI=1S/C47H40BrClN6O5/c1-3-4-24-40-50-44(49)43(46(57)60-28-27-59-31(2)56)54(40)29-38-35-25-26-58-30-39(35)42(48)41(38)36-22-14-15-23-37(36)45-51-53-55(52-45)47(32-16-8-5-9-17-32,33-18-10-6-11-19-33)34-20-12-7-13-21-34/h5-23,25-26,30H,3-4,24,27-29H2,1-2H3. The highest BCUT2D eigenvalue weighted by Crippen LogP contribution is 2.49. The van der Waals surface area contributed by atoms with Crippen LogP contribution in [0.4, 0.5) is 0 Å². The first-order valence-electron chi connectivity index (χ1n) is 19.6. The van der Waals surface area contributed by atoms with Crippen LogP contribution in [-0.2, 0) is 32.8 Å². The predicted octanol–water partition coefficient (Wildman–Crippen LogP) is 10.3. The van der Waals surface area contributed by atoms with Crippen LogP contribution < -0.4 is 0 Å². The van der Waals surface area contributed by atoms with E-state index >= 15 is 0 Å². The Morgan fingerprint density at radius 2 is 1.38 bits per heavy atom. The van der Waals surface area contributed by atoms with E-state index in [1.807, 2.05) is 89.5 Å². The number of tetrazole rings is 1. The van der Waals surface area contributed by atoms with E-state index in [4.69, 9.17) is 40.9 Å². The van der Waals surface area contributed by atoms with Crippen LogP contribution in [0.5, 0.6) is 0 Å². The van der Waals surface area contributed by atoms with E-state index < -0.39 is 17.5 Å². The molecule has 60 heavy (non-hydrogen) atoms. The zero-order valence-electron chi connectivity index (χ0n) is 32.9. The third-order valence-corrected chi connectivity index (χ3v) is 11.6. The summed E-state index contributed by atoms with van der Waals surface area (Å²) in [6.07, 6.45) is 5.63. The lowest BCUT2D eigenvalue weighted by atomic mass is 9.77. The minimum atomic E-state index is -0.967. The van der Waals surface area contributed by atoms with Gasteiger partial charge in [-0.15, -0.1) is 15.0 Å². The van der Waals surface area contributed by atoms with Crippen LogP contribution in [0.3, 0.4) is 0 Å². The maximum Gasteiger partial charge on any atom is 0.358 e. The van der Waals surface area contributed by atoms with Crippen molar-refractivity contribution < 1.29 is 23.5 Å². The molecule has 0 radical (unpaired) electrons. The SMILES string of the molecule is CCCCc1nc(Cl)c(C(=O)OCCOC(C)=O)n1Cc1c2ccocc-2c(Br)c1-c1ccccc1-c1nnn(C(c2ccccc2)(c2ccccc2)c2ccccc2)n1. The van der Waals surface area contributed by atoms with Gasteiger partial charge in [-0.2, -0.15) is 0 Å². The van der Waals surface area contributed by atoms with Gasteiger partial charge in [0.2, 0.25) is 5.82 Å². The van der Waals surface area contributed by atoms with Crippen molar-refractivity contribution >= 4 is 39.5 Å². The molecular formula is C47H40BrClN6O5. The fraction of sp³-hybridized carbons (Fsp3) is 0.191. The van der Waals surface area contributed by atoms with E-state index in [1.165, 1.54) is 6.92 Å². The Balaban J connectivity index is 1.28. The van der Waals surface area contributed by atoms with E-state index in [9.17, 15) is 9.59 Å². The second-order valence-electron chi connectivity index (χ2n) is 14.1. The summed E-state index contributed by atoms with van der Waals surface area (Å²) in [4.78, 5) is 31.4. The second kappa shape index (κ2) is 17.9. The van der Waals surface area contributed by atoms with Gasteiger partial charge in [-0.3, -0.25) is 4.79 Å². The fourth-order valence-corrected chi connectivity index (χ4v) is 8.83. The van der Waals surface area contributed by atoms with E-state index in [2.05, 4.69) is 64.2 Å². The monoisotopic (exact) mass is 882 g/mol. The zero-order valence-corrected chi connectivity index (χ0v) is 35.3. The first kappa shape index (κ1) is 40.4. The quantitative estimate of drug-likeness (QED) is 0.0562. The molecule has 13 heteroatoms. The number of hydrogen-bond donors (Lipinski definition) is 0. The molecule has 6 aromatic rings. The van der Waals surface area contributed by atoms with Crippen molar-refractivity contribution in [2.45, 2.75) is 45.2 Å². The number of rotatable bonds is 15.